The molecule has 2 N–H and O–H groups in total. The standard InChI is InChI=1S/C28H48N3O4PS/c1-10-27(5,6)19-16-18(4)21-22(19)26(35)31(25(21)34)14-11-12-20(32)29-13-15-37-28(7,8)23(36-9)24(33)30-17(2)3/h10,17-19,21-23,36H,1,11-16H2,2-9H3,(H,29,32)(H,30,33). The molecule has 6 atom stereocenters. The highest BCUT2D eigenvalue weighted by atomic mass is 32.2. The van der Waals surface area contributed by atoms with Crippen molar-refractivity contribution in [3.8, 4) is 0 Å². The molecule has 6 unspecified atom stereocenters. The first-order valence-electron chi connectivity index (χ1n) is 13.5. The zero-order valence-corrected chi connectivity index (χ0v) is 25.8. The van der Waals surface area contributed by atoms with E-state index in [4.69, 9.17) is 0 Å². The van der Waals surface area contributed by atoms with Gasteiger partial charge in [0.2, 0.25) is 23.6 Å². The quantitative estimate of drug-likeness (QED) is 0.146. The van der Waals surface area contributed by atoms with Crippen LogP contribution in [0, 0.1) is 29.1 Å². The van der Waals surface area contributed by atoms with Crippen LogP contribution in [-0.2, 0) is 19.2 Å². The van der Waals surface area contributed by atoms with Gasteiger partial charge in [-0.15, -0.1) is 15.2 Å². The van der Waals surface area contributed by atoms with Crippen LogP contribution < -0.4 is 10.6 Å². The monoisotopic (exact) mass is 553 g/mol. The Morgan fingerprint density at radius 1 is 1.19 bits per heavy atom. The van der Waals surface area contributed by atoms with Crippen molar-refractivity contribution in [1.82, 2.24) is 15.5 Å². The predicted molar refractivity (Wildman–Crippen MR) is 155 cm³/mol. The molecule has 2 fully saturated rings. The van der Waals surface area contributed by atoms with Crippen molar-refractivity contribution in [3.05, 3.63) is 12.7 Å². The molecule has 210 valence electrons. The van der Waals surface area contributed by atoms with E-state index in [9.17, 15) is 19.2 Å². The molecule has 0 bridgehead atoms. The Morgan fingerprint density at radius 3 is 2.38 bits per heavy atom. The van der Waals surface area contributed by atoms with Crippen LogP contribution in [0.5, 0.6) is 0 Å². The lowest BCUT2D eigenvalue weighted by Crippen LogP contribution is -2.46. The second-order valence-corrected chi connectivity index (χ2v) is 14.9. The molecule has 1 aliphatic carbocycles. The number of nitrogens with one attached hydrogen (secondary N) is 2. The molecule has 0 spiro atoms. The van der Waals surface area contributed by atoms with Crippen molar-refractivity contribution in [2.24, 2.45) is 29.1 Å². The summed E-state index contributed by atoms with van der Waals surface area (Å²) >= 11 is 1.69. The minimum atomic E-state index is -0.278. The highest BCUT2D eigenvalue weighted by Crippen LogP contribution is 2.54. The summed E-state index contributed by atoms with van der Waals surface area (Å²) in [7, 11) is 0.494. The summed E-state index contributed by atoms with van der Waals surface area (Å²) in [4.78, 5) is 52.7. The number of fused-ring (bicyclic) bond motifs is 1. The van der Waals surface area contributed by atoms with Crippen LogP contribution in [-0.4, -0.2) is 70.5 Å². The van der Waals surface area contributed by atoms with E-state index in [0.29, 0.717) is 27.3 Å². The van der Waals surface area contributed by atoms with Crippen LogP contribution in [0.25, 0.3) is 0 Å². The van der Waals surface area contributed by atoms with Gasteiger partial charge in [-0.3, -0.25) is 24.1 Å². The Balaban J connectivity index is 1.79. The number of allylic oxidation sites excluding steroid dienone is 1. The lowest BCUT2D eigenvalue weighted by atomic mass is 9.72. The van der Waals surface area contributed by atoms with Gasteiger partial charge in [0.15, 0.2) is 0 Å². The van der Waals surface area contributed by atoms with Gasteiger partial charge in [-0.1, -0.05) is 26.8 Å². The second-order valence-electron chi connectivity index (χ2n) is 12.0. The molecule has 2 rings (SSSR count). The van der Waals surface area contributed by atoms with Gasteiger partial charge in [0.1, 0.15) is 0 Å². The summed E-state index contributed by atoms with van der Waals surface area (Å²) in [5.74, 6) is 0.318. The van der Waals surface area contributed by atoms with Crippen LogP contribution in [0.4, 0.5) is 0 Å². The molecule has 1 saturated carbocycles. The molecule has 2 aliphatic rings. The summed E-state index contributed by atoms with van der Waals surface area (Å²) in [6, 6.07) is 0.112. The third kappa shape index (κ3) is 7.59. The van der Waals surface area contributed by atoms with Crippen LogP contribution in [0.2, 0.25) is 0 Å². The first-order valence-corrected chi connectivity index (χ1v) is 16.1. The van der Waals surface area contributed by atoms with E-state index in [1.54, 1.807) is 11.8 Å². The molecular formula is C28H48N3O4PS. The Labute approximate surface area is 229 Å². The zero-order chi connectivity index (χ0) is 28.1. The number of carbonyl (C=O) groups is 4. The average Bonchev–Trinajstić information content (AvgIpc) is 3.27. The van der Waals surface area contributed by atoms with Crippen LogP contribution in [0.3, 0.4) is 0 Å². The van der Waals surface area contributed by atoms with Crippen LogP contribution in [0.15, 0.2) is 12.7 Å². The minimum Gasteiger partial charge on any atom is -0.355 e. The van der Waals surface area contributed by atoms with Gasteiger partial charge in [0.25, 0.3) is 0 Å². The van der Waals surface area contributed by atoms with Gasteiger partial charge in [-0.05, 0) is 64.5 Å². The van der Waals surface area contributed by atoms with Gasteiger partial charge < -0.3 is 10.6 Å². The first kappa shape index (κ1) is 31.8. The van der Waals surface area contributed by atoms with Crippen molar-refractivity contribution >= 4 is 44.0 Å². The highest BCUT2D eigenvalue weighted by Gasteiger charge is 2.59. The van der Waals surface area contributed by atoms with Gasteiger partial charge in [0.05, 0.1) is 17.5 Å². The van der Waals surface area contributed by atoms with E-state index in [1.165, 1.54) is 4.90 Å². The molecule has 1 saturated heterocycles. The van der Waals surface area contributed by atoms with Crippen molar-refractivity contribution in [3.63, 3.8) is 0 Å². The summed E-state index contributed by atoms with van der Waals surface area (Å²) < 4.78 is -0.236. The van der Waals surface area contributed by atoms with E-state index in [0.717, 1.165) is 6.42 Å². The summed E-state index contributed by atoms with van der Waals surface area (Å²) in [5, 5.41) is 5.96. The van der Waals surface area contributed by atoms with E-state index in [1.807, 2.05) is 19.9 Å². The van der Waals surface area contributed by atoms with E-state index >= 15 is 0 Å². The molecule has 9 heteroatoms. The molecule has 37 heavy (non-hydrogen) atoms. The van der Waals surface area contributed by atoms with E-state index < -0.39 is 0 Å². The fourth-order valence-corrected chi connectivity index (χ4v) is 8.51. The third-order valence-electron chi connectivity index (χ3n) is 8.00. The number of likely N-dealkylation sites (tertiary alicyclic amines) is 1. The zero-order valence-electron chi connectivity index (χ0n) is 24.0. The molecule has 0 aromatic rings. The van der Waals surface area contributed by atoms with Crippen molar-refractivity contribution < 1.29 is 19.2 Å². The molecular weight excluding hydrogens is 505 g/mol. The molecule has 4 amide bonds. The summed E-state index contributed by atoms with van der Waals surface area (Å²) in [6.07, 6.45) is 3.49. The molecule has 0 aromatic carbocycles. The Morgan fingerprint density at radius 2 is 1.81 bits per heavy atom. The molecule has 1 heterocycles. The number of hydrogen-bond donors (Lipinski definition) is 2. The fourth-order valence-electron chi connectivity index (χ4n) is 5.86. The van der Waals surface area contributed by atoms with Crippen molar-refractivity contribution in [2.45, 2.75) is 84.2 Å². The lowest BCUT2D eigenvalue weighted by Gasteiger charge is -2.32. The number of carbonyl (C=O) groups excluding carboxylic acids is 4. The van der Waals surface area contributed by atoms with Gasteiger partial charge in [-0.25, -0.2) is 0 Å². The Kier molecular flexibility index (Phi) is 11.3. The minimum absolute atomic E-state index is 0.0726. The van der Waals surface area contributed by atoms with Crippen molar-refractivity contribution in [2.75, 3.05) is 25.5 Å². The van der Waals surface area contributed by atoms with E-state index in [2.05, 4.69) is 58.5 Å². The predicted octanol–water partition coefficient (Wildman–Crippen LogP) is 4.07. The average molecular weight is 554 g/mol. The number of rotatable bonds is 14. The SMILES string of the molecule is C=CC(C)(C)C1CC(C)C2C(=O)N(CCCC(=O)NCCSC(C)(C)C(PC)C(=O)NC(C)C)C(=O)C21. The fraction of sp³-hybridized carbons (Fsp3) is 0.786. The Bertz CT molecular complexity index is 875. The summed E-state index contributed by atoms with van der Waals surface area (Å²) in [5.41, 5.74) is -0.285. The molecule has 1 aliphatic heterocycles. The van der Waals surface area contributed by atoms with Gasteiger partial charge in [0, 0.05) is 36.1 Å². The van der Waals surface area contributed by atoms with Crippen LogP contribution >= 0.6 is 20.3 Å². The normalized spacial score (nSPS) is 25.2. The van der Waals surface area contributed by atoms with Crippen molar-refractivity contribution in [1.29, 1.82) is 0 Å². The number of hydrogen-bond acceptors (Lipinski definition) is 5. The largest absolute Gasteiger partial charge is 0.355 e. The smallest absolute Gasteiger partial charge is 0.233 e. The summed E-state index contributed by atoms with van der Waals surface area (Å²) in [6.45, 7) is 21.2. The van der Waals surface area contributed by atoms with E-state index in [-0.39, 0.29) is 82.1 Å². The topological polar surface area (TPSA) is 95.6 Å². The maximum atomic E-state index is 13.2. The Hall–Kier alpha value is -1.40. The number of nitrogens with zero attached hydrogens (tertiary/aromatic N) is 1. The lowest BCUT2D eigenvalue weighted by molar-refractivity contribution is -0.141. The second kappa shape index (κ2) is 13.1. The maximum Gasteiger partial charge on any atom is 0.233 e. The molecule has 7 nitrogen and oxygen atoms in total. The number of amides is 4. The van der Waals surface area contributed by atoms with Gasteiger partial charge >= 0.3 is 0 Å². The highest BCUT2D eigenvalue weighted by molar-refractivity contribution is 8.00. The van der Waals surface area contributed by atoms with Crippen LogP contribution in [0.1, 0.15) is 67.7 Å². The molecule has 0 aromatic heterocycles. The van der Waals surface area contributed by atoms with Gasteiger partial charge in [-0.2, -0.15) is 11.8 Å². The third-order valence-corrected chi connectivity index (χ3v) is 11.2. The molecule has 0 radical (unpaired) electrons. The first-order chi connectivity index (χ1) is 17.2. The number of imide groups is 1. The maximum absolute atomic E-state index is 13.2. The number of thioether (sulfide) groups is 1.